The molecule has 0 amide bonds. The first-order valence-electron chi connectivity index (χ1n) is 4.66. The van der Waals surface area contributed by atoms with Crippen molar-refractivity contribution in [3.05, 3.63) is 39.9 Å². The Morgan fingerprint density at radius 3 is 2.93 bits per heavy atom. The minimum Gasteiger partial charge on any atom is -0.327 e. The molecule has 0 aromatic heterocycles. The molecule has 1 rings (SSSR count). The molecule has 1 aromatic carbocycles. The first-order chi connectivity index (χ1) is 7.09. The average Bonchev–Trinajstić information content (AvgIpc) is 2.17. The fraction of sp³-hybridized carbons (Fsp3) is 0.400. The van der Waals surface area contributed by atoms with E-state index in [4.69, 9.17) is 5.73 Å². The molecule has 15 heavy (non-hydrogen) atoms. The van der Waals surface area contributed by atoms with Crippen LogP contribution in [-0.4, -0.2) is 16.7 Å². The molecule has 0 heterocycles. The predicted octanol–water partition coefficient (Wildman–Crippen LogP) is 2.18. The molecule has 5 heteroatoms. The second-order valence-electron chi connectivity index (χ2n) is 3.42. The van der Waals surface area contributed by atoms with Crippen molar-refractivity contribution >= 4 is 17.4 Å². The average molecular weight is 226 g/mol. The largest absolute Gasteiger partial charge is 0.327 e. The summed E-state index contributed by atoms with van der Waals surface area (Å²) in [6.45, 7) is 1.94. The fourth-order valence-electron chi connectivity index (χ4n) is 1.12. The van der Waals surface area contributed by atoms with E-state index in [1.807, 2.05) is 13.0 Å². The van der Waals surface area contributed by atoms with Gasteiger partial charge in [0.05, 0.1) is 4.92 Å². The minimum absolute atomic E-state index is 0.147. The predicted molar refractivity (Wildman–Crippen MR) is 62.9 cm³/mol. The van der Waals surface area contributed by atoms with Gasteiger partial charge in [-0.1, -0.05) is 12.1 Å². The zero-order chi connectivity index (χ0) is 11.3. The van der Waals surface area contributed by atoms with Gasteiger partial charge in [-0.2, -0.15) is 11.8 Å². The van der Waals surface area contributed by atoms with Crippen LogP contribution in [-0.2, 0) is 5.75 Å². The third-order valence-electron chi connectivity index (χ3n) is 1.77. The first-order valence-corrected chi connectivity index (χ1v) is 5.81. The van der Waals surface area contributed by atoms with E-state index in [1.165, 1.54) is 6.07 Å². The van der Waals surface area contributed by atoms with Gasteiger partial charge in [0.25, 0.3) is 5.69 Å². The summed E-state index contributed by atoms with van der Waals surface area (Å²) in [6, 6.07) is 6.86. The maximum Gasteiger partial charge on any atom is 0.269 e. The van der Waals surface area contributed by atoms with Crippen molar-refractivity contribution in [1.82, 2.24) is 0 Å². The number of nitrogens with zero attached hydrogens (tertiary/aromatic N) is 1. The number of nitro groups is 1. The summed E-state index contributed by atoms with van der Waals surface area (Å²) in [6.07, 6.45) is 0. The third kappa shape index (κ3) is 4.31. The summed E-state index contributed by atoms with van der Waals surface area (Å²) in [5.41, 5.74) is 6.72. The van der Waals surface area contributed by atoms with Gasteiger partial charge >= 0.3 is 0 Å². The van der Waals surface area contributed by atoms with E-state index in [0.717, 1.165) is 17.1 Å². The summed E-state index contributed by atoms with van der Waals surface area (Å²) in [4.78, 5) is 10.1. The Balaban J connectivity index is 2.54. The quantitative estimate of drug-likeness (QED) is 0.617. The van der Waals surface area contributed by atoms with Gasteiger partial charge < -0.3 is 5.73 Å². The van der Waals surface area contributed by atoms with Gasteiger partial charge in [0.15, 0.2) is 0 Å². The third-order valence-corrected chi connectivity index (χ3v) is 3.07. The maximum absolute atomic E-state index is 10.5. The Bertz CT molecular complexity index is 342. The lowest BCUT2D eigenvalue weighted by Gasteiger charge is -2.04. The Hall–Kier alpha value is -1.07. The highest BCUT2D eigenvalue weighted by atomic mass is 32.2. The van der Waals surface area contributed by atoms with Crippen molar-refractivity contribution in [3.63, 3.8) is 0 Å². The fourth-order valence-corrected chi connectivity index (χ4v) is 2.03. The molecule has 0 saturated carbocycles. The molecular weight excluding hydrogens is 212 g/mol. The number of nitrogens with two attached hydrogens (primary N) is 1. The van der Waals surface area contributed by atoms with Crippen LogP contribution in [0.3, 0.4) is 0 Å². The van der Waals surface area contributed by atoms with Crippen LogP contribution < -0.4 is 5.73 Å². The normalized spacial score (nSPS) is 12.4. The highest BCUT2D eigenvalue weighted by molar-refractivity contribution is 7.98. The van der Waals surface area contributed by atoms with Crippen LogP contribution in [0.15, 0.2) is 24.3 Å². The van der Waals surface area contributed by atoms with Crippen molar-refractivity contribution in [2.75, 3.05) is 5.75 Å². The zero-order valence-electron chi connectivity index (χ0n) is 8.55. The minimum atomic E-state index is -0.375. The Morgan fingerprint density at radius 2 is 2.33 bits per heavy atom. The SMILES string of the molecule is CC(N)CSCc1cccc([N+](=O)[O-])c1. The van der Waals surface area contributed by atoms with Gasteiger partial charge in [0.1, 0.15) is 0 Å². The van der Waals surface area contributed by atoms with Crippen molar-refractivity contribution in [2.24, 2.45) is 5.73 Å². The molecule has 82 valence electrons. The van der Waals surface area contributed by atoms with Crippen LogP contribution in [0.5, 0.6) is 0 Å². The summed E-state index contributed by atoms with van der Waals surface area (Å²) in [7, 11) is 0. The Labute approximate surface area is 93.0 Å². The van der Waals surface area contributed by atoms with Crippen LogP contribution >= 0.6 is 11.8 Å². The molecule has 4 nitrogen and oxygen atoms in total. The summed E-state index contributed by atoms with van der Waals surface area (Å²) in [5, 5.41) is 10.5. The number of rotatable bonds is 5. The lowest BCUT2D eigenvalue weighted by Crippen LogP contribution is -2.17. The van der Waals surface area contributed by atoms with Gasteiger partial charge in [-0.15, -0.1) is 0 Å². The molecule has 1 unspecified atom stereocenters. The standard InChI is InChI=1S/C10H14N2O2S/c1-8(11)6-15-7-9-3-2-4-10(5-9)12(13)14/h2-5,8H,6-7,11H2,1H3. The van der Waals surface area contributed by atoms with Crippen LogP contribution in [0, 0.1) is 10.1 Å². The monoisotopic (exact) mass is 226 g/mol. The number of benzene rings is 1. The van der Waals surface area contributed by atoms with E-state index in [2.05, 4.69) is 0 Å². The maximum atomic E-state index is 10.5. The van der Waals surface area contributed by atoms with Crippen molar-refractivity contribution in [3.8, 4) is 0 Å². The highest BCUT2D eigenvalue weighted by Gasteiger charge is 2.05. The van der Waals surface area contributed by atoms with Gasteiger partial charge in [-0.05, 0) is 12.5 Å². The van der Waals surface area contributed by atoms with Gasteiger partial charge in [0, 0.05) is 29.7 Å². The zero-order valence-corrected chi connectivity index (χ0v) is 9.37. The van der Waals surface area contributed by atoms with E-state index in [0.29, 0.717) is 0 Å². The summed E-state index contributed by atoms with van der Waals surface area (Å²) >= 11 is 1.69. The molecule has 0 fully saturated rings. The van der Waals surface area contributed by atoms with Gasteiger partial charge in [-0.3, -0.25) is 10.1 Å². The molecule has 1 aromatic rings. The van der Waals surface area contributed by atoms with E-state index in [-0.39, 0.29) is 16.7 Å². The van der Waals surface area contributed by atoms with E-state index in [1.54, 1.807) is 23.9 Å². The summed E-state index contributed by atoms with van der Waals surface area (Å²) < 4.78 is 0. The van der Waals surface area contributed by atoms with Gasteiger partial charge in [-0.25, -0.2) is 0 Å². The highest BCUT2D eigenvalue weighted by Crippen LogP contribution is 2.18. The molecule has 0 aliphatic carbocycles. The molecule has 1 atom stereocenters. The molecule has 0 bridgehead atoms. The lowest BCUT2D eigenvalue weighted by atomic mass is 10.2. The second-order valence-corrected chi connectivity index (χ2v) is 4.45. The molecule has 0 aliphatic rings. The molecule has 2 N–H and O–H groups in total. The number of thioether (sulfide) groups is 1. The Morgan fingerprint density at radius 1 is 1.60 bits per heavy atom. The number of hydrogen-bond acceptors (Lipinski definition) is 4. The number of hydrogen-bond donors (Lipinski definition) is 1. The van der Waals surface area contributed by atoms with Crippen LogP contribution in [0.25, 0.3) is 0 Å². The topological polar surface area (TPSA) is 69.2 Å². The molecule has 0 spiro atoms. The van der Waals surface area contributed by atoms with E-state index >= 15 is 0 Å². The van der Waals surface area contributed by atoms with Crippen LogP contribution in [0.4, 0.5) is 5.69 Å². The summed E-state index contributed by atoms with van der Waals surface area (Å²) in [5.74, 6) is 1.63. The van der Waals surface area contributed by atoms with E-state index < -0.39 is 0 Å². The van der Waals surface area contributed by atoms with Crippen molar-refractivity contribution < 1.29 is 4.92 Å². The van der Waals surface area contributed by atoms with Crippen molar-refractivity contribution in [1.29, 1.82) is 0 Å². The van der Waals surface area contributed by atoms with Crippen LogP contribution in [0.2, 0.25) is 0 Å². The van der Waals surface area contributed by atoms with E-state index in [9.17, 15) is 10.1 Å². The molecular formula is C10H14N2O2S. The second kappa shape index (κ2) is 5.72. The smallest absolute Gasteiger partial charge is 0.269 e. The van der Waals surface area contributed by atoms with Gasteiger partial charge in [0.2, 0.25) is 0 Å². The van der Waals surface area contributed by atoms with Crippen molar-refractivity contribution in [2.45, 2.75) is 18.7 Å². The first kappa shape index (κ1) is 12.0. The molecule has 0 aliphatic heterocycles. The number of non-ortho nitro benzene ring substituents is 1. The molecule has 0 radical (unpaired) electrons. The Kier molecular flexibility index (Phi) is 4.58. The van der Waals surface area contributed by atoms with Crippen LogP contribution in [0.1, 0.15) is 12.5 Å². The molecule has 0 saturated heterocycles. The lowest BCUT2D eigenvalue weighted by molar-refractivity contribution is -0.384. The number of nitro benzene ring substituents is 1.